The van der Waals surface area contributed by atoms with Crippen LogP contribution >= 0.6 is 11.8 Å². The summed E-state index contributed by atoms with van der Waals surface area (Å²) in [5, 5.41) is 0.375. The van der Waals surface area contributed by atoms with Gasteiger partial charge in [-0.15, -0.1) is 0 Å². The van der Waals surface area contributed by atoms with Crippen LogP contribution in [0, 0.1) is 0 Å². The van der Waals surface area contributed by atoms with Crippen molar-refractivity contribution < 1.29 is 4.79 Å². The quantitative estimate of drug-likeness (QED) is 0.735. The number of para-hydroxylation sites is 2. The third-order valence-electron chi connectivity index (χ3n) is 3.52. The summed E-state index contributed by atoms with van der Waals surface area (Å²) in [6, 6.07) is 17.6. The molecule has 0 fully saturated rings. The Kier molecular flexibility index (Phi) is 4.15. The van der Waals surface area contributed by atoms with E-state index in [9.17, 15) is 4.79 Å². The number of nitrogens with zero attached hydrogens (tertiary/aromatic N) is 2. The zero-order chi connectivity index (χ0) is 15.5. The number of rotatable bonds is 5. The van der Waals surface area contributed by atoms with Crippen molar-refractivity contribution in [3.63, 3.8) is 0 Å². The van der Waals surface area contributed by atoms with Crippen molar-refractivity contribution in [1.82, 2.24) is 9.55 Å². The van der Waals surface area contributed by atoms with Crippen LogP contribution in [0.25, 0.3) is 11.0 Å². The smallest absolute Gasteiger partial charge is 0.235 e. The average molecular weight is 311 g/mol. The van der Waals surface area contributed by atoms with Gasteiger partial charge in [-0.1, -0.05) is 54.2 Å². The number of benzene rings is 2. The molecule has 0 bridgehead atoms. The molecule has 2 N–H and O–H groups in total. The number of carbonyl (C=O) groups excluding carboxylic acids is 1. The van der Waals surface area contributed by atoms with Crippen LogP contribution in [0.4, 0.5) is 0 Å². The summed E-state index contributed by atoms with van der Waals surface area (Å²) in [6.45, 7) is 2.86. The zero-order valence-corrected chi connectivity index (χ0v) is 13.1. The van der Waals surface area contributed by atoms with Gasteiger partial charge in [0.2, 0.25) is 5.91 Å². The molecule has 1 atom stereocenters. The van der Waals surface area contributed by atoms with Gasteiger partial charge in [0, 0.05) is 6.54 Å². The molecule has 0 saturated carbocycles. The Morgan fingerprint density at radius 1 is 1.18 bits per heavy atom. The fourth-order valence-electron chi connectivity index (χ4n) is 2.47. The summed E-state index contributed by atoms with van der Waals surface area (Å²) in [7, 11) is 0. The third-order valence-corrected chi connectivity index (χ3v) is 4.78. The molecule has 0 aliphatic carbocycles. The number of hydrogen-bond acceptors (Lipinski definition) is 3. The topological polar surface area (TPSA) is 60.9 Å². The van der Waals surface area contributed by atoms with Crippen LogP contribution in [0.2, 0.25) is 0 Å². The Labute approximate surface area is 133 Å². The number of amides is 1. The molecule has 22 heavy (non-hydrogen) atoms. The number of fused-ring (bicyclic) bond motifs is 1. The van der Waals surface area contributed by atoms with Gasteiger partial charge in [-0.05, 0) is 24.6 Å². The molecule has 0 aliphatic rings. The molecule has 0 radical (unpaired) electrons. The largest absolute Gasteiger partial charge is 0.368 e. The molecule has 2 aromatic carbocycles. The van der Waals surface area contributed by atoms with Gasteiger partial charge in [0.1, 0.15) is 5.25 Å². The number of aromatic nitrogens is 2. The Balaban J connectivity index is 2.02. The summed E-state index contributed by atoms with van der Waals surface area (Å²) in [5.74, 6) is -0.356. The van der Waals surface area contributed by atoms with Gasteiger partial charge in [-0.2, -0.15) is 0 Å². The average Bonchev–Trinajstić information content (AvgIpc) is 2.90. The highest BCUT2D eigenvalue weighted by Crippen LogP contribution is 2.36. The van der Waals surface area contributed by atoms with Crippen LogP contribution < -0.4 is 5.73 Å². The highest BCUT2D eigenvalue weighted by Gasteiger charge is 2.22. The molecule has 3 aromatic rings. The first-order valence-electron chi connectivity index (χ1n) is 7.17. The maximum atomic E-state index is 11.9. The lowest BCUT2D eigenvalue weighted by Gasteiger charge is -2.13. The van der Waals surface area contributed by atoms with Crippen LogP contribution in [0.15, 0.2) is 59.8 Å². The lowest BCUT2D eigenvalue weighted by atomic mass is 10.1. The number of aryl methyl sites for hydroxylation is 1. The molecular formula is C17H17N3OS. The summed E-state index contributed by atoms with van der Waals surface area (Å²) in [5.41, 5.74) is 8.51. The van der Waals surface area contributed by atoms with Crippen LogP contribution in [-0.4, -0.2) is 15.5 Å². The molecule has 0 aliphatic heterocycles. The first-order chi connectivity index (χ1) is 10.7. The highest BCUT2D eigenvalue weighted by molar-refractivity contribution is 8.00. The van der Waals surface area contributed by atoms with Crippen molar-refractivity contribution in [2.24, 2.45) is 5.73 Å². The number of carbonyl (C=O) groups is 1. The van der Waals surface area contributed by atoms with E-state index in [-0.39, 0.29) is 5.91 Å². The van der Waals surface area contributed by atoms with Crippen molar-refractivity contribution in [3.05, 3.63) is 60.2 Å². The van der Waals surface area contributed by atoms with Crippen molar-refractivity contribution in [2.75, 3.05) is 0 Å². The van der Waals surface area contributed by atoms with Crippen LogP contribution in [0.5, 0.6) is 0 Å². The molecule has 4 nitrogen and oxygen atoms in total. The fourth-order valence-corrected chi connectivity index (χ4v) is 3.60. The molecule has 1 heterocycles. The van der Waals surface area contributed by atoms with E-state index in [4.69, 9.17) is 5.73 Å². The number of thioether (sulfide) groups is 1. The standard InChI is InChI=1S/C17H17N3OS/c1-2-20-14-11-7-6-10-13(14)19-17(20)22-15(16(18)21)12-8-4-3-5-9-12/h3-11,15H,2H2,1H3,(H2,18,21). The summed E-state index contributed by atoms with van der Waals surface area (Å²) >= 11 is 1.40. The Morgan fingerprint density at radius 3 is 2.55 bits per heavy atom. The van der Waals surface area contributed by atoms with Gasteiger partial charge < -0.3 is 10.3 Å². The van der Waals surface area contributed by atoms with Gasteiger partial charge in [-0.25, -0.2) is 4.98 Å². The van der Waals surface area contributed by atoms with Crippen LogP contribution in [0.1, 0.15) is 17.7 Å². The molecule has 3 rings (SSSR count). The van der Waals surface area contributed by atoms with E-state index in [1.54, 1.807) is 0 Å². The number of nitrogens with two attached hydrogens (primary N) is 1. The first kappa shape index (κ1) is 14.7. The summed E-state index contributed by atoms with van der Waals surface area (Å²) in [6.07, 6.45) is 0. The second-order valence-electron chi connectivity index (χ2n) is 4.94. The van der Waals surface area contributed by atoms with Crippen LogP contribution in [-0.2, 0) is 11.3 Å². The van der Waals surface area contributed by atoms with E-state index >= 15 is 0 Å². The van der Waals surface area contributed by atoms with E-state index in [0.29, 0.717) is 0 Å². The highest BCUT2D eigenvalue weighted by atomic mass is 32.2. The SMILES string of the molecule is CCn1c(SC(C(N)=O)c2ccccc2)nc2ccccc21. The second-order valence-corrected chi connectivity index (χ2v) is 6.01. The predicted octanol–water partition coefficient (Wildman–Crippen LogP) is 3.37. The molecule has 0 saturated heterocycles. The Morgan fingerprint density at radius 2 is 1.86 bits per heavy atom. The number of primary amides is 1. The van der Waals surface area contributed by atoms with Crippen molar-refractivity contribution in [1.29, 1.82) is 0 Å². The first-order valence-corrected chi connectivity index (χ1v) is 8.05. The van der Waals surface area contributed by atoms with Gasteiger partial charge in [0.25, 0.3) is 0 Å². The van der Waals surface area contributed by atoms with E-state index in [1.807, 2.05) is 54.6 Å². The van der Waals surface area contributed by atoms with E-state index in [1.165, 1.54) is 11.8 Å². The Bertz CT molecular complexity index is 798. The van der Waals surface area contributed by atoms with Crippen molar-refractivity contribution in [2.45, 2.75) is 23.9 Å². The second kappa shape index (κ2) is 6.23. The van der Waals surface area contributed by atoms with Gasteiger partial charge in [0.05, 0.1) is 11.0 Å². The minimum atomic E-state index is -0.441. The predicted molar refractivity (Wildman–Crippen MR) is 89.6 cm³/mol. The van der Waals surface area contributed by atoms with Gasteiger partial charge >= 0.3 is 0 Å². The van der Waals surface area contributed by atoms with E-state index < -0.39 is 5.25 Å². The molecule has 1 unspecified atom stereocenters. The Hall–Kier alpha value is -2.27. The maximum Gasteiger partial charge on any atom is 0.235 e. The van der Waals surface area contributed by atoms with Crippen molar-refractivity contribution >= 4 is 28.7 Å². The minimum Gasteiger partial charge on any atom is -0.368 e. The maximum absolute atomic E-state index is 11.9. The van der Waals surface area contributed by atoms with Crippen molar-refractivity contribution in [3.8, 4) is 0 Å². The summed E-state index contributed by atoms with van der Waals surface area (Å²) < 4.78 is 2.11. The molecule has 1 aromatic heterocycles. The molecule has 0 spiro atoms. The molecule has 5 heteroatoms. The molecule has 112 valence electrons. The summed E-state index contributed by atoms with van der Waals surface area (Å²) in [4.78, 5) is 16.5. The third kappa shape index (κ3) is 2.72. The molecule has 1 amide bonds. The number of hydrogen-bond donors (Lipinski definition) is 1. The molecular weight excluding hydrogens is 294 g/mol. The van der Waals surface area contributed by atoms with Gasteiger partial charge in [0.15, 0.2) is 5.16 Å². The lowest BCUT2D eigenvalue weighted by Crippen LogP contribution is -2.19. The van der Waals surface area contributed by atoms with E-state index in [0.717, 1.165) is 28.3 Å². The normalized spacial score (nSPS) is 12.4. The fraction of sp³-hybridized carbons (Fsp3) is 0.176. The minimum absolute atomic E-state index is 0.356. The number of imidazole rings is 1. The lowest BCUT2D eigenvalue weighted by molar-refractivity contribution is -0.117. The van der Waals surface area contributed by atoms with E-state index in [2.05, 4.69) is 16.5 Å². The van der Waals surface area contributed by atoms with Crippen LogP contribution in [0.3, 0.4) is 0 Å². The zero-order valence-electron chi connectivity index (χ0n) is 12.3. The van der Waals surface area contributed by atoms with Gasteiger partial charge in [-0.3, -0.25) is 4.79 Å². The monoisotopic (exact) mass is 311 g/mol.